The summed E-state index contributed by atoms with van der Waals surface area (Å²) in [6, 6.07) is 11.4. The minimum Gasteiger partial charge on any atom is -0.497 e. The van der Waals surface area contributed by atoms with Crippen LogP contribution in [0, 0.1) is 10.1 Å². The Morgan fingerprint density at radius 2 is 2.00 bits per heavy atom. The highest BCUT2D eigenvalue weighted by molar-refractivity contribution is 5.52. The average molecular weight is 274 g/mol. The van der Waals surface area contributed by atoms with E-state index in [-0.39, 0.29) is 11.4 Å². The van der Waals surface area contributed by atoms with E-state index in [1.807, 2.05) is 6.07 Å². The average Bonchev–Trinajstić information content (AvgIpc) is 2.47. The summed E-state index contributed by atoms with van der Waals surface area (Å²) in [6.45, 7) is 0.372. The molecule has 6 nitrogen and oxygen atoms in total. The summed E-state index contributed by atoms with van der Waals surface area (Å²) in [4.78, 5) is 10.5. The molecule has 0 unspecified atom stereocenters. The number of hydrogen-bond acceptors (Lipinski definition) is 5. The lowest BCUT2D eigenvalue weighted by Crippen LogP contribution is -1.97. The topological polar surface area (TPSA) is 87.6 Å². The Labute approximate surface area is 115 Å². The second kappa shape index (κ2) is 6.03. The highest BCUT2D eigenvalue weighted by Crippen LogP contribution is 2.34. The molecule has 0 aromatic heterocycles. The molecule has 0 aliphatic carbocycles. The van der Waals surface area contributed by atoms with E-state index in [4.69, 9.17) is 15.2 Å². The third-order valence-electron chi connectivity index (χ3n) is 2.73. The lowest BCUT2D eigenvalue weighted by molar-refractivity contribution is -0.385. The Morgan fingerprint density at radius 3 is 2.65 bits per heavy atom. The van der Waals surface area contributed by atoms with Crippen molar-refractivity contribution in [3.05, 3.63) is 58.1 Å². The molecule has 2 aromatic rings. The lowest BCUT2D eigenvalue weighted by atomic mass is 10.2. The van der Waals surface area contributed by atoms with Crippen molar-refractivity contribution in [3.8, 4) is 17.2 Å². The van der Waals surface area contributed by atoms with E-state index in [0.717, 1.165) is 5.56 Å². The minimum atomic E-state index is -0.498. The number of nitrogens with zero attached hydrogens (tertiary/aromatic N) is 1. The third-order valence-corrected chi connectivity index (χ3v) is 2.73. The fourth-order valence-corrected chi connectivity index (χ4v) is 1.72. The molecule has 2 aromatic carbocycles. The van der Waals surface area contributed by atoms with Gasteiger partial charge in [0.25, 0.3) is 0 Å². The molecule has 0 fully saturated rings. The molecule has 0 saturated carbocycles. The van der Waals surface area contributed by atoms with Gasteiger partial charge in [0.2, 0.25) is 5.75 Å². The molecular weight excluding hydrogens is 260 g/mol. The summed E-state index contributed by atoms with van der Waals surface area (Å²) >= 11 is 0. The van der Waals surface area contributed by atoms with Crippen LogP contribution in [0.25, 0.3) is 0 Å². The SMILES string of the molecule is COc1ccc([N+](=O)[O-])c(Oc2cccc(CN)c2)c1. The van der Waals surface area contributed by atoms with Crippen LogP contribution in [-0.4, -0.2) is 12.0 Å². The van der Waals surface area contributed by atoms with Gasteiger partial charge in [-0.3, -0.25) is 10.1 Å². The molecule has 0 amide bonds. The third kappa shape index (κ3) is 3.04. The van der Waals surface area contributed by atoms with Gasteiger partial charge in [0.15, 0.2) is 0 Å². The molecule has 0 bridgehead atoms. The highest BCUT2D eigenvalue weighted by Gasteiger charge is 2.17. The van der Waals surface area contributed by atoms with Crippen molar-refractivity contribution >= 4 is 5.69 Å². The molecule has 104 valence electrons. The number of benzene rings is 2. The number of methoxy groups -OCH3 is 1. The van der Waals surface area contributed by atoms with Crippen molar-refractivity contribution in [2.45, 2.75) is 6.54 Å². The summed E-state index contributed by atoms with van der Waals surface area (Å²) in [6.07, 6.45) is 0. The summed E-state index contributed by atoms with van der Waals surface area (Å²) in [5, 5.41) is 11.0. The summed E-state index contributed by atoms with van der Waals surface area (Å²) < 4.78 is 10.6. The first kappa shape index (κ1) is 13.8. The summed E-state index contributed by atoms with van der Waals surface area (Å²) in [5.41, 5.74) is 6.31. The van der Waals surface area contributed by atoms with Crippen molar-refractivity contribution in [1.29, 1.82) is 0 Å². The zero-order valence-electron chi connectivity index (χ0n) is 10.9. The quantitative estimate of drug-likeness (QED) is 0.669. The molecule has 20 heavy (non-hydrogen) atoms. The van der Waals surface area contributed by atoms with Gasteiger partial charge in [-0.25, -0.2) is 0 Å². The van der Waals surface area contributed by atoms with Crippen LogP contribution in [-0.2, 0) is 6.54 Å². The Balaban J connectivity index is 2.37. The maximum absolute atomic E-state index is 11.0. The maximum atomic E-state index is 11.0. The molecule has 0 aliphatic heterocycles. The van der Waals surface area contributed by atoms with Crippen LogP contribution in [0.2, 0.25) is 0 Å². The number of ether oxygens (including phenoxy) is 2. The molecule has 0 saturated heterocycles. The predicted molar refractivity (Wildman–Crippen MR) is 74.1 cm³/mol. The first-order valence-electron chi connectivity index (χ1n) is 5.93. The summed E-state index contributed by atoms with van der Waals surface area (Å²) in [5.74, 6) is 1.11. The first-order valence-corrected chi connectivity index (χ1v) is 5.93. The van der Waals surface area contributed by atoms with E-state index < -0.39 is 4.92 Å². The normalized spacial score (nSPS) is 10.1. The van der Waals surface area contributed by atoms with E-state index in [1.54, 1.807) is 18.2 Å². The van der Waals surface area contributed by atoms with E-state index >= 15 is 0 Å². The molecule has 0 spiro atoms. The fraction of sp³-hybridized carbons (Fsp3) is 0.143. The Kier molecular flexibility index (Phi) is 4.17. The molecule has 0 radical (unpaired) electrons. The number of nitro groups is 1. The Hall–Kier alpha value is -2.60. The summed E-state index contributed by atoms with van der Waals surface area (Å²) in [7, 11) is 1.49. The van der Waals surface area contributed by atoms with Crippen molar-refractivity contribution in [2.75, 3.05) is 7.11 Å². The zero-order chi connectivity index (χ0) is 14.5. The van der Waals surface area contributed by atoms with E-state index in [9.17, 15) is 10.1 Å². The van der Waals surface area contributed by atoms with Crippen LogP contribution >= 0.6 is 0 Å². The van der Waals surface area contributed by atoms with Crippen LogP contribution in [0.4, 0.5) is 5.69 Å². The van der Waals surface area contributed by atoms with Crippen molar-refractivity contribution in [3.63, 3.8) is 0 Å². The van der Waals surface area contributed by atoms with Gasteiger partial charge in [-0.15, -0.1) is 0 Å². The number of nitro benzene ring substituents is 1. The van der Waals surface area contributed by atoms with E-state index in [2.05, 4.69) is 0 Å². The van der Waals surface area contributed by atoms with E-state index in [0.29, 0.717) is 18.0 Å². The van der Waals surface area contributed by atoms with Crippen molar-refractivity contribution in [1.82, 2.24) is 0 Å². The molecule has 0 aliphatic rings. The van der Waals surface area contributed by atoms with Gasteiger partial charge in [0.1, 0.15) is 11.5 Å². The van der Waals surface area contributed by atoms with Gasteiger partial charge in [-0.1, -0.05) is 12.1 Å². The van der Waals surface area contributed by atoms with Crippen molar-refractivity contribution in [2.24, 2.45) is 5.73 Å². The van der Waals surface area contributed by atoms with Gasteiger partial charge in [0.05, 0.1) is 12.0 Å². The highest BCUT2D eigenvalue weighted by atomic mass is 16.6. The van der Waals surface area contributed by atoms with Crippen LogP contribution in [0.1, 0.15) is 5.56 Å². The van der Waals surface area contributed by atoms with Gasteiger partial charge >= 0.3 is 5.69 Å². The smallest absolute Gasteiger partial charge is 0.311 e. The lowest BCUT2D eigenvalue weighted by Gasteiger charge is -2.09. The second-order valence-electron chi connectivity index (χ2n) is 4.04. The standard InChI is InChI=1S/C14H14N2O4/c1-19-11-5-6-13(16(17)18)14(8-11)20-12-4-2-3-10(7-12)9-15/h2-8H,9,15H2,1H3. The number of rotatable bonds is 5. The van der Waals surface area contributed by atoms with E-state index in [1.165, 1.54) is 25.3 Å². The number of hydrogen-bond donors (Lipinski definition) is 1. The van der Waals surface area contributed by atoms with Crippen LogP contribution < -0.4 is 15.2 Å². The van der Waals surface area contributed by atoms with Crippen LogP contribution in [0.3, 0.4) is 0 Å². The van der Waals surface area contributed by atoms with Crippen molar-refractivity contribution < 1.29 is 14.4 Å². The van der Waals surface area contributed by atoms with Gasteiger partial charge in [-0.05, 0) is 23.8 Å². The van der Waals surface area contributed by atoms with Gasteiger partial charge < -0.3 is 15.2 Å². The monoisotopic (exact) mass is 274 g/mol. The Bertz CT molecular complexity index is 628. The molecule has 0 heterocycles. The second-order valence-corrected chi connectivity index (χ2v) is 4.04. The fourth-order valence-electron chi connectivity index (χ4n) is 1.72. The molecule has 6 heteroatoms. The molecule has 0 atom stereocenters. The largest absolute Gasteiger partial charge is 0.497 e. The predicted octanol–water partition coefficient (Wildman–Crippen LogP) is 2.85. The zero-order valence-corrected chi connectivity index (χ0v) is 10.9. The number of nitrogens with two attached hydrogens (primary N) is 1. The van der Waals surface area contributed by atoms with Gasteiger partial charge in [-0.2, -0.15) is 0 Å². The molecule has 2 N–H and O–H groups in total. The maximum Gasteiger partial charge on any atom is 0.311 e. The van der Waals surface area contributed by atoms with Crippen LogP contribution in [0.5, 0.6) is 17.2 Å². The molecule has 2 rings (SSSR count). The molecular formula is C14H14N2O4. The minimum absolute atomic E-state index is 0.121. The Morgan fingerprint density at radius 1 is 1.20 bits per heavy atom. The van der Waals surface area contributed by atoms with Crippen LogP contribution in [0.15, 0.2) is 42.5 Å². The van der Waals surface area contributed by atoms with Gasteiger partial charge in [0, 0.05) is 18.7 Å². The first-order chi connectivity index (χ1) is 9.63.